The highest BCUT2D eigenvalue weighted by Crippen LogP contribution is 2.29. The van der Waals surface area contributed by atoms with Gasteiger partial charge in [-0.25, -0.2) is 8.42 Å². The minimum absolute atomic E-state index is 0.428. The summed E-state index contributed by atoms with van der Waals surface area (Å²) in [7, 11) is -3.07. The van der Waals surface area contributed by atoms with Gasteiger partial charge in [-0.15, -0.1) is 0 Å². The van der Waals surface area contributed by atoms with E-state index in [0.717, 1.165) is 29.8 Å². The van der Waals surface area contributed by atoms with Gasteiger partial charge in [-0.3, -0.25) is 0 Å². The molecule has 4 heteroatoms. The minimum atomic E-state index is -3.07. The summed E-state index contributed by atoms with van der Waals surface area (Å²) in [6.45, 7) is 2.84. The van der Waals surface area contributed by atoms with Crippen LogP contribution in [-0.2, 0) is 16.3 Å². The van der Waals surface area contributed by atoms with E-state index in [-0.39, 0.29) is 0 Å². The summed E-state index contributed by atoms with van der Waals surface area (Å²) < 4.78 is 22.7. The molecule has 76 valence electrons. The van der Waals surface area contributed by atoms with E-state index in [1.165, 1.54) is 6.26 Å². The molecule has 1 aromatic rings. The Kier molecular flexibility index (Phi) is 2.03. The van der Waals surface area contributed by atoms with Crippen molar-refractivity contribution >= 4 is 15.5 Å². The maximum atomic E-state index is 11.4. The molecule has 1 aliphatic heterocycles. The molecule has 0 amide bonds. The summed E-state index contributed by atoms with van der Waals surface area (Å²) in [5.74, 6) is 0. The second-order valence-corrected chi connectivity index (χ2v) is 5.74. The Morgan fingerprint density at radius 1 is 1.36 bits per heavy atom. The molecule has 0 fully saturated rings. The topological polar surface area (TPSA) is 46.2 Å². The first-order valence-electron chi connectivity index (χ1n) is 4.56. The van der Waals surface area contributed by atoms with Crippen molar-refractivity contribution in [2.45, 2.75) is 18.2 Å². The molecule has 0 saturated heterocycles. The Labute approximate surface area is 84.1 Å². The first kappa shape index (κ1) is 9.52. The molecule has 0 saturated carbocycles. The lowest BCUT2D eigenvalue weighted by Gasteiger charge is -2.07. The lowest BCUT2D eigenvalue weighted by Crippen LogP contribution is -1.99. The highest BCUT2D eigenvalue weighted by Gasteiger charge is 2.16. The molecule has 0 radical (unpaired) electrons. The molecular formula is C10H13NO2S. The third kappa shape index (κ3) is 1.50. The molecule has 0 atom stereocenters. The van der Waals surface area contributed by atoms with Crippen LogP contribution in [0, 0.1) is 6.92 Å². The number of aryl methyl sites for hydroxylation is 1. The van der Waals surface area contributed by atoms with Crippen LogP contribution >= 0.6 is 0 Å². The van der Waals surface area contributed by atoms with Crippen LogP contribution in [0.15, 0.2) is 17.0 Å². The molecule has 1 heterocycles. The predicted molar refractivity (Wildman–Crippen MR) is 56.5 cm³/mol. The Hall–Kier alpha value is -1.03. The third-order valence-corrected chi connectivity index (χ3v) is 3.61. The van der Waals surface area contributed by atoms with E-state index in [1.54, 1.807) is 12.1 Å². The highest BCUT2D eigenvalue weighted by molar-refractivity contribution is 7.90. The molecule has 1 N–H and O–H groups in total. The summed E-state index contributed by atoms with van der Waals surface area (Å²) >= 11 is 0. The van der Waals surface area contributed by atoms with Crippen LogP contribution in [0.2, 0.25) is 0 Å². The van der Waals surface area contributed by atoms with Crippen LogP contribution in [0.1, 0.15) is 11.1 Å². The van der Waals surface area contributed by atoms with E-state index in [0.29, 0.717) is 4.90 Å². The lowest BCUT2D eigenvalue weighted by atomic mass is 10.1. The van der Waals surface area contributed by atoms with Crippen LogP contribution < -0.4 is 5.32 Å². The van der Waals surface area contributed by atoms with E-state index in [2.05, 4.69) is 5.32 Å². The average molecular weight is 211 g/mol. The number of nitrogens with one attached hydrogen (secondary N) is 1. The van der Waals surface area contributed by atoms with Crippen LogP contribution in [0.25, 0.3) is 0 Å². The summed E-state index contributed by atoms with van der Waals surface area (Å²) in [4.78, 5) is 0.428. The molecular weight excluding hydrogens is 198 g/mol. The molecule has 2 rings (SSSR count). The maximum Gasteiger partial charge on any atom is 0.175 e. The van der Waals surface area contributed by atoms with Gasteiger partial charge in [0, 0.05) is 18.5 Å². The standard InChI is InChI=1S/C10H13NO2S/c1-7-5-9(14(2,12)13)6-8-3-4-11-10(7)8/h5-6,11H,3-4H2,1-2H3. The molecule has 0 spiro atoms. The zero-order chi connectivity index (χ0) is 10.3. The Balaban J connectivity index is 2.64. The van der Waals surface area contributed by atoms with Crippen molar-refractivity contribution in [2.24, 2.45) is 0 Å². The molecule has 0 aliphatic carbocycles. The van der Waals surface area contributed by atoms with E-state index in [1.807, 2.05) is 6.92 Å². The zero-order valence-corrected chi connectivity index (χ0v) is 9.11. The first-order chi connectivity index (χ1) is 6.48. The summed E-state index contributed by atoms with van der Waals surface area (Å²) in [6.07, 6.45) is 2.16. The molecule has 3 nitrogen and oxygen atoms in total. The SMILES string of the molecule is Cc1cc(S(C)(=O)=O)cc2c1NCC2. The quantitative estimate of drug-likeness (QED) is 0.763. The summed E-state index contributed by atoms with van der Waals surface area (Å²) in [5.41, 5.74) is 3.24. The minimum Gasteiger partial charge on any atom is -0.384 e. The van der Waals surface area contributed by atoms with Crippen molar-refractivity contribution in [3.05, 3.63) is 23.3 Å². The van der Waals surface area contributed by atoms with E-state index in [9.17, 15) is 8.42 Å². The molecule has 0 unspecified atom stereocenters. The third-order valence-electron chi connectivity index (χ3n) is 2.51. The first-order valence-corrected chi connectivity index (χ1v) is 6.45. The Morgan fingerprint density at radius 2 is 2.07 bits per heavy atom. The summed E-state index contributed by atoms with van der Waals surface area (Å²) in [6, 6.07) is 3.50. The fraction of sp³-hybridized carbons (Fsp3) is 0.400. The average Bonchev–Trinajstić information content (AvgIpc) is 2.50. The normalized spacial score (nSPS) is 15.0. The monoisotopic (exact) mass is 211 g/mol. The van der Waals surface area contributed by atoms with E-state index in [4.69, 9.17) is 0 Å². The second kappa shape index (κ2) is 2.98. The largest absolute Gasteiger partial charge is 0.384 e. The van der Waals surface area contributed by atoms with Gasteiger partial charge in [0.05, 0.1) is 4.90 Å². The van der Waals surface area contributed by atoms with Gasteiger partial charge >= 0.3 is 0 Å². The Bertz CT molecular complexity index is 477. The summed E-state index contributed by atoms with van der Waals surface area (Å²) in [5, 5.41) is 3.25. The predicted octanol–water partition coefficient (Wildman–Crippen LogP) is 1.37. The number of benzene rings is 1. The molecule has 0 bridgehead atoms. The van der Waals surface area contributed by atoms with Crippen LogP contribution in [0.5, 0.6) is 0 Å². The number of rotatable bonds is 1. The molecule has 0 aromatic heterocycles. The van der Waals surface area contributed by atoms with Crippen LogP contribution in [0.3, 0.4) is 0 Å². The number of sulfone groups is 1. The molecule has 1 aromatic carbocycles. The van der Waals surface area contributed by atoms with Crippen molar-refractivity contribution < 1.29 is 8.42 Å². The van der Waals surface area contributed by atoms with Gasteiger partial charge in [0.2, 0.25) is 0 Å². The number of fused-ring (bicyclic) bond motifs is 1. The fourth-order valence-corrected chi connectivity index (χ4v) is 2.56. The smallest absolute Gasteiger partial charge is 0.175 e. The van der Waals surface area contributed by atoms with Crippen molar-refractivity contribution in [3.63, 3.8) is 0 Å². The number of hydrogen-bond donors (Lipinski definition) is 1. The maximum absolute atomic E-state index is 11.4. The van der Waals surface area contributed by atoms with Gasteiger partial charge in [-0.05, 0) is 36.6 Å². The van der Waals surface area contributed by atoms with Crippen molar-refractivity contribution in [1.82, 2.24) is 0 Å². The van der Waals surface area contributed by atoms with Crippen molar-refractivity contribution in [3.8, 4) is 0 Å². The van der Waals surface area contributed by atoms with E-state index >= 15 is 0 Å². The van der Waals surface area contributed by atoms with Crippen LogP contribution in [-0.4, -0.2) is 21.2 Å². The van der Waals surface area contributed by atoms with Crippen LogP contribution in [0.4, 0.5) is 5.69 Å². The van der Waals surface area contributed by atoms with Crippen molar-refractivity contribution in [2.75, 3.05) is 18.1 Å². The Morgan fingerprint density at radius 3 is 2.71 bits per heavy atom. The highest BCUT2D eigenvalue weighted by atomic mass is 32.2. The molecule has 1 aliphatic rings. The molecule has 14 heavy (non-hydrogen) atoms. The fourth-order valence-electron chi connectivity index (χ4n) is 1.81. The van der Waals surface area contributed by atoms with Gasteiger partial charge in [-0.1, -0.05) is 0 Å². The van der Waals surface area contributed by atoms with Gasteiger partial charge < -0.3 is 5.32 Å². The van der Waals surface area contributed by atoms with E-state index < -0.39 is 9.84 Å². The van der Waals surface area contributed by atoms with Gasteiger partial charge in [0.1, 0.15) is 0 Å². The number of hydrogen-bond acceptors (Lipinski definition) is 3. The van der Waals surface area contributed by atoms with Gasteiger partial charge in [-0.2, -0.15) is 0 Å². The second-order valence-electron chi connectivity index (χ2n) is 3.72. The lowest BCUT2D eigenvalue weighted by molar-refractivity contribution is 0.601. The van der Waals surface area contributed by atoms with Gasteiger partial charge in [0.15, 0.2) is 9.84 Å². The van der Waals surface area contributed by atoms with Crippen molar-refractivity contribution in [1.29, 1.82) is 0 Å². The zero-order valence-electron chi connectivity index (χ0n) is 8.29. The van der Waals surface area contributed by atoms with Gasteiger partial charge in [0.25, 0.3) is 0 Å². The number of anilines is 1.